The Morgan fingerprint density at radius 2 is 2.30 bits per heavy atom. The molecule has 0 aromatic heterocycles. The average molecular weight is 144 g/mol. The molecule has 2 N–H and O–H groups in total. The van der Waals surface area contributed by atoms with E-state index in [1.54, 1.807) is 0 Å². The average Bonchev–Trinajstić information content (AvgIpc) is 1.85. The third-order valence-corrected chi connectivity index (χ3v) is 1.70. The first-order valence-electron chi connectivity index (χ1n) is 3.94. The summed E-state index contributed by atoms with van der Waals surface area (Å²) in [5, 5.41) is 12.2. The maximum absolute atomic E-state index is 8.91. The summed E-state index contributed by atoms with van der Waals surface area (Å²) in [4.78, 5) is 2.19. The molecular formula is C7H16N2O. The summed E-state index contributed by atoms with van der Waals surface area (Å²) in [5.41, 5.74) is 0. The lowest BCUT2D eigenvalue weighted by molar-refractivity contribution is -0.00221. The van der Waals surface area contributed by atoms with E-state index in [1.807, 2.05) is 0 Å². The van der Waals surface area contributed by atoms with Crippen LogP contribution in [0.15, 0.2) is 0 Å². The van der Waals surface area contributed by atoms with E-state index in [0.717, 1.165) is 26.3 Å². The first-order valence-corrected chi connectivity index (χ1v) is 3.94. The van der Waals surface area contributed by atoms with Gasteiger partial charge >= 0.3 is 0 Å². The second-order valence-corrected chi connectivity index (χ2v) is 2.85. The topological polar surface area (TPSA) is 35.5 Å². The van der Waals surface area contributed by atoms with Crippen molar-refractivity contribution in [2.75, 3.05) is 26.3 Å². The zero-order valence-corrected chi connectivity index (χ0v) is 6.51. The van der Waals surface area contributed by atoms with Gasteiger partial charge in [-0.2, -0.15) is 0 Å². The fourth-order valence-corrected chi connectivity index (χ4v) is 1.09. The van der Waals surface area contributed by atoms with E-state index in [-0.39, 0.29) is 6.10 Å². The van der Waals surface area contributed by atoms with Crippen molar-refractivity contribution >= 4 is 0 Å². The summed E-state index contributed by atoms with van der Waals surface area (Å²) < 4.78 is 0. The van der Waals surface area contributed by atoms with Crippen LogP contribution in [0.4, 0.5) is 0 Å². The molecule has 0 atom stereocenters. The zero-order valence-electron chi connectivity index (χ0n) is 6.51. The Kier molecular flexibility index (Phi) is 3.12. The van der Waals surface area contributed by atoms with E-state index in [0.29, 0.717) is 0 Å². The minimum Gasteiger partial charge on any atom is -0.390 e. The highest BCUT2D eigenvalue weighted by Gasteiger charge is 2.22. The molecule has 0 amide bonds. The van der Waals surface area contributed by atoms with Crippen molar-refractivity contribution in [2.45, 2.75) is 19.4 Å². The largest absolute Gasteiger partial charge is 0.390 e. The zero-order chi connectivity index (χ0) is 7.40. The van der Waals surface area contributed by atoms with Crippen molar-refractivity contribution < 1.29 is 5.11 Å². The fraction of sp³-hybridized carbons (Fsp3) is 1.00. The highest BCUT2D eigenvalue weighted by molar-refractivity contribution is 4.77. The maximum atomic E-state index is 8.91. The van der Waals surface area contributed by atoms with Crippen LogP contribution in [0.5, 0.6) is 0 Å². The molecule has 3 heteroatoms. The van der Waals surface area contributed by atoms with Crippen LogP contribution in [0.2, 0.25) is 0 Å². The minimum atomic E-state index is -0.0663. The van der Waals surface area contributed by atoms with Crippen LogP contribution in [0.1, 0.15) is 13.3 Å². The number of aliphatic hydroxyl groups is 1. The smallest absolute Gasteiger partial charge is 0.0794 e. The van der Waals surface area contributed by atoms with Gasteiger partial charge < -0.3 is 10.4 Å². The number of aliphatic hydroxyl groups excluding tert-OH is 1. The van der Waals surface area contributed by atoms with Crippen LogP contribution in [-0.4, -0.2) is 42.4 Å². The number of nitrogens with zero attached hydrogens (tertiary/aromatic N) is 1. The van der Waals surface area contributed by atoms with Crippen molar-refractivity contribution in [3.8, 4) is 0 Å². The Balaban J connectivity index is 1.86. The highest BCUT2D eigenvalue weighted by atomic mass is 16.3. The third kappa shape index (κ3) is 2.25. The number of hydrogen-bond donors (Lipinski definition) is 2. The number of likely N-dealkylation sites (tertiary alicyclic amines) is 1. The Labute approximate surface area is 62.0 Å². The predicted octanol–water partition coefficient (Wildman–Crippen LogP) is -0.380. The van der Waals surface area contributed by atoms with Crippen molar-refractivity contribution in [3.05, 3.63) is 0 Å². The lowest BCUT2D eigenvalue weighted by atomic mass is 10.2. The molecule has 1 fully saturated rings. The van der Waals surface area contributed by atoms with Gasteiger partial charge in [0.1, 0.15) is 0 Å². The van der Waals surface area contributed by atoms with Gasteiger partial charge in [-0.1, -0.05) is 6.92 Å². The highest BCUT2D eigenvalue weighted by Crippen LogP contribution is 2.03. The molecule has 1 rings (SSSR count). The molecule has 1 heterocycles. The number of β-amino-alcohol motifs (C(OH)–C–C–N with tert-alkyl or cyclic N) is 1. The van der Waals surface area contributed by atoms with Gasteiger partial charge in [0.2, 0.25) is 0 Å². The van der Waals surface area contributed by atoms with Gasteiger partial charge in [-0.05, 0) is 13.0 Å². The summed E-state index contributed by atoms with van der Waals surface area (Å²) in [5.74, 6) is 0. The third-order valence-electron chi connectivity index (χ3n) is 1.70. The Morgan fingerprint density at radius 1 is 1.60 bits per heavy atom. The molecule has 0 unspecified atom stereocenters. The van der Waals surface area contributed by atoms with E-state index in [4.69, 9.17) is 5.11 Å². The monoisotopic (exact) mass is 144 g/mol. The first-order chi connectivity index (χ1) is 4.83. The van der Waals surface area contributed by atoms with Crippen molar-refractivity contribution in [3.63, 3.8) is 0 Å². The summed E-state index contributed by atoms with van der Waals surface area (Å²) >= 11 is 0. The van der Waals surface area contributed by atoms with E-state index in [9.17, 15) is 0 Å². The van der Waals surface area contributed by atoms with Crippen LogP contribution in [0, 0.1) is 0 Å². The molecule has 0 spiro atoms. The van der Waals surface area contributed by atoms with Crippen molar-refractivity contribution in [1.82, 2.24) is 10.2 Å². The van der Waals surface area contributed by atoms with Gasteiger partial charge in [0.25, 0.3) is 0 Å². The van der Waals surface area contributed by atoms with Crippen LogP contribution in [-0.2, 0) is 0 Å². The molecule has 0 aromatic carbocycles. The van der Waals surface area contributed by atoms with Gasteiger partial charge in [0.05, 0.1) is 6.10 Å². The van der Waals surface area contributed by atoms with Crippen LogP contribution < -0.4 is 5.32 Å². The van der Waals surface area contributed by atoms with Crippen molar-refractivity contribution in [2.24, 2.45) is 0 Å². The number of rotatable bonds is 4. The molecule has 0 radical (unpaired) electrons. The second-order valence-electron chi connectivity index (χ2n) is 2.85. The molecule has 0 aromatic rings. The van der Waals surface area contributed by atoms with Gasteiger partial charge in [-0.25, -0.2) is 0 Å². The Bertz CT molecular complexity index is 91.6. The molecule has 0 aliphatic carbocycles. The molecule has 0 saturated carbocycles. The summed E-state index contributed by atoms with van der Waals surface area (Å²) in [6, 6.07) is 0. The van der Waals surface area contributed by atoms with Gasteiger partial charge in [-0.15, -0.1) is 0 Å². The SMILES string of the molecule is CCCNCN1CC(O)C1. The standard InChI is InChI=1S/C7H16N2O/c1-2-3-8-6-9-4-7(10)5-9/h7-8,10H,2-6H2,1H3. The molecular weight excluding hydrogens is 128 g/mol. The number of nitrogens with one attached hydrogen (secondary N) is 1. The van der Waals surface area contributed by atoms with Crippen LogP contribution >= 0.6 is 0 Å². The summed E-state index contributed by atoms with van der Waals surface area (Å²) in [7, 11) is 0. The molecule has 0 bridgehead atoms. The summed E-state index contributed by atoms with van der Waals surface area (Å²) in [6.07, 6.45) is 1.11. The molecule has 60 valence electrons. The Hall–Kier alpha value is -0.120. The van der Waals surface area contributed by atoms with E-state index in [2.05, 4.69) is 17.1 Å². The Morgan fingerprint density at radius 3 is 2.80 bits per heavy atom. The summed E-state index contributed by atoms with van der Waals surface area (Å²) in [6.45, 7) is 5.85. The molecule has 10 heavy (non-hydrogen) atoms. The molecule has 1 aliphatic heterocycles. The lowest BCUT2D eigenvalue weighted by Crippen LogP contribution is -2.53. The predicted molar refractivity (Wildman–Crippen MR) is 40.7 cm³/mol. The maximum Gasteiger partial charge on any atom is 0.0794 e. The van der Waals surface area contributed by atoms with Gasteiger partial charge in [-0.3, -0.25) is 4.90 Å². The van der Waals surface area contributed by atoms with E-state index < -0.39 is 0 Å². The van der Waals surface area contributed by atoms with Crippen LogP contribution in [0.25, 0.3) is 0 Å². The van der Waals surface area contributed by atoms with E-state index in [1.165, 1.54) is 6.42 Å². The number of hydrogen-bond acceptors (Lipinski definition) is 3. The van der Waals surface area contributed by atoms with Gasteiger partial charge in [0, 0.05) is 19.8 Å². The van der Waals surface area contributed by atoms with E-state index >= 15 is 0 Å². The minimum absolute atomic E-state index is 0.0663. The second kappa shape index (κ2) is 3.91. The normalized spacial score (nSPS) is 21.0. The molecule has 3 nitrogen and oxygen atoms in total. The van der Waals surface area contributed by atoms with Crippen LogP contribution in [0.3, 0.4) is 0 Å². The fourth-order valence-electron chi connectivity index (χ4n) is 1.09. The quantitative estimate of drug-likeness (QED) is 0.528. The van der Waals surface area contributed by atoms with Crippen molar-refractivity contribution in [1.29, 1.82) is 0 Å². The molecule has 1 aliphatic rings. The first kappa shape index (κ1) is 7.98. The van der Waals surface area contributed by atoms with Gasteiger partial charge in [0.15, 0.2) is 0 Å². The molecule has 1 saturated heterocycles. The lowest BCUT2D eigenvalue weighted by Gasteiger charge is -2.35.